The maximum absolute atomic E-state index is 12.9. The molecule has 0 unspecified atom stereocenters. The second-order valence-electron chi connectivity index (χ2n) is 7.04. The molecule has 0 bridgehead atoms. The van der Waals surface area contributed by atoms with Crippen molar-refractivity contribution in [1.29, 1.82) is 0 Å². The van der Waals surface area contributed by atoms with Gasteiger partial charge in [-0.05, 0) is 17.2 Å². The Labute approximate surface area is 167 Å². The number of rotatable bonds is 5. The van der Waals surface area contributed by atoms with Gasteiger partial charge in [-0.25, -0.2) is 0 Å². The highest BCUT2D eigenvalue weighted by molar-refractivity contribution is 8.00. The van der Waals surface area contributed by atoms with Crippen LogP contribution in [0.15, 0.2) is 0 Å². The molecule has 0 saturated heterocycles. The van der Waals surface area contributed by atoms with E-state index >= 15 is 0 Å². The van der Waals surface area contributed by atoms with Crippen molar-refractivity contribution in [2.24, 2.45) is 0 Å². The van der Waals surface area contributed by atoms with Gasteiger partial charge in [-0.15, -0.1) is 23.1 Å². The van der Waals surface area contributed by atoms with Crippen LogP contribution >= 0.6 is 23.1 Å². The van der Waals surface area contributed by atoms with Gasteiger partial charge in [0.25, 0.3) is 5.91 Å². The standard InChI is InChI=1S/C18H25N3O4S2/c1-11(2)26-10-15(24)20-5-4-12-13(8-20)27-18-16(12)17(25)19(3)9-14(23)21(18)6-7-22/h11,22H,4-10H2,1-3H3. The van der Waals surface area contributed by atoms with Crippen LogP contribution in [0.25, 0.3) is 0 Å². The molecule has 0 fully saturated rings. The van der Waals surface area contributed by atoms with E-state index in [2.05, 4.69) is 13.8 Å². The van der Waals surface area contributed by atoms with E-state index in [0.29, 0.717) is 41.1 Å². The second-order valence-corrected chi connectivity index (χ2v) is 9.69. The lowest BCUT2D eigenvalue weighted by atomic mass is 10.0. The molecule has 3 amide bonds. The molecule has 0 atom stereocenters. The van der Waals surface area contributed by atoms with E-state index in [1.54, 1.807) is 18.8 Å². The minimum Gasteiger partial charge on any atom is -0.395 e. The van der Waals surface area contributed by atoms with E-state index in [0.717, 1.165) is 10.4 Å². The lowest BCUT2D eigenvalue weighted by molar-refractivity contribution is -0.129. The first-order chi connectivity index (χ1) is 12.8. The van der Waals surface area contributed by atoms with Gasteiger partial charge in [-0.2, -0.15) is 0 Å². The van der Waals surface area contributed by atoms with Crippen LogP contribution in [0.2, 0.25) is 0 Å². The molecule has 0 aliphatic carbocycles. The summed E-state index contributed by atoms with van der Waals surface area (Å²) in [4.78, 5) is 43.6. The van der Waals surface area contributed by atoms with Crippen LogP contribution in [0.1, 0.15) is 34.6 Å². The average molecular weight is 412 g/mol. The third-order valence-corrected chi connectivity index (χ3v) is 7.05. The molecule has 3 heterocycles. The summed E-state index contributed by atoms with van der Waals surface area (Å²) in [5.41, 5.74) is 1.52. The summed E-state index contributed by atoms with van der Waals surface area (Å²) in [7, 11) is 1.62. The number of aliphatic hydroxyl groups is 1. The minimum absolute atomic E-state index is 0.00599. The van der Waals surface area contributed by atoms with E-state index in [1.165, 1.54) is 21.1 Å². The van der Waals surface area contributed by atoms with Gasteiger partial charge in [0.1, 0.15) is 11.5 Å². The third kappa shape index (κ3) is 4.00. The second kappa shape index (κ2) is 8.20. The molecule has 7 nitrogen and oxygen atoms in total. The summed E-state index contributed by atoms with van der Waals surface area (Å²) < 4.78 is 0. The highest BCUT2D eigenvalue weighted by Crippen LogP contribution is 2.41. The van der Waals surface area contributed by atoms with Crippen molar-refractivity contribution in [3.05, 3.63) is 16.0 Å². The van der Waals surface area contributed by atoms with Crippen LogP contribution in [-0.2, 0) is 22.6 Å². The monoisotopic (exact) mass is 411 g/mol. The molecule has 0 radical (unpaired) electrons. The minimum atomic E-state index is -0.196. The first kappa shape index (κ1) is 20.2. The maximum Gasteiger partial charge on any atom is 0.257 e. The molecule has 1 aromatic heterocycles. The van der Waals surface area contributed by atoms with Gasteiger partial charge in [0, 0.05) is 25.0 Å². The summed E-state index contributed by atoms with van der Waals surface area (Å²) >= 11 is 3.02. The molecule has 2 aliphatic rings. The van der Waals surface area contributed by atoms with Crippen LogP contribution in [0, 0.1) is 0 Å². The van der Waals surface area contributed by atoms with E-state index < -0.39 is 0 Å². The van der Waals surface area contributed by atoms with E-state index in [4.69, 9.17) is 0 Å². The molecular formula is C18H25N3O4S2. The van der Waals surface area contributed by atoms with Crippen molar-refractivity contribution in [2.45, 2.75) is 32.1 Å². The molecule has 9 heteroatoms. The molecule has 0 spiro atoms. The molecule has 27 heavy (non-hydrogen) atoms. The number of fused-ring (bicyclic) bond motifs is 3. The Kier molecular flexibility index (Phi) is 6.12. The van der Waals surface area contributed by atoms with Crippen molar-refractivity contribution in [3.63, 3.8) is 0 Å². The van der Waals surface area contributed by atoms with E-state index in [9.17, 15) is 19.5 Å². The molecule has 2 aliphatic heterocycles. The number of anilines is 1. The topological polar surface area (TPSA) is 81.2 Å². The zero-order valence-corrected chi connectivity index (χ0v) is 17.5. The van der Waals surface area contributed by atoms with E-state index in [-0.39, 0.29) is 37.4 Å². The van der Waals surface area contributed by atoms with Crippen LogP contribution in [0.3, 0.4) is 0 Å². The number of carbonyl (C=O) groups excluding carboxylic acids is 3. The van der Waals surface area contributed by atoms with Gasteiger partial charge >= 0.3 is 0 Å². The summed E-state index contributed by atoms with van der Waals surface area (Å²) in [6.07, 6.45) is 0.611. The Balaban J connectivity index is 1.91. The average Bonchev–Trinajstić information content (AvgIpc) is 2.97. The first-order valence-electron chi connectivity index (χ1n) is 9.04. The number of hydrogen-bond acceptors (Lipinski definition) is 6. The molecule has 0 aromatic carbocycles. The number of hydrogen-bond donors (Lipinski definition) is 1. The Morgan fingerprint density at radius 1 is 1.30 bits per heavy atom. The number of carbonyl (C=O) groups is 3. The number of aliphatic hydroxyl groups excluding tert-OH is 1. The van der Waals surface area contributed by atoms with Crippen LogP contribution in [0.5, 0.6) is 0 Å². The first-order valence-corrected chi connectivity index (χ1v) is 10.9. The lowest BCUT2D eigenvalue weighted by Gasteiger charge is -2.27. The molecule has 1 aromatic rings. The van der Waals surface area contributed by atoms with Crippen LogP contribution < -0.4 is 4.90 Å². The summed E-state index contributed by atoms with van der Waals surface area (Å²) in [5.74, 6) is 0.203. The maximum atomic E-state index is 12.9. The Bertz CT molecular complexity index is 762. The summed E-state index contributed by atoms with van der Waals surface area (Å²) in [5, 5.41) is 10.4. The zero-order chi connectivity index (χ0) is 19.7. The van der Waals surface area contributed by atoms with Gasteiger partial charge in [-0.1, -0.05) is 13.8 Å². The lowest BCUT2D eigenvalue weighted by Crippen LogP contribution is -2.39. The quantitative estimate of drug-likeness (QED) is 0.787. The Hall–Kier alpha value is -1.58. The summed E-state index contributed by atoms with van der Waals surface area (Å²) in [6, 6.07) is 0. The fraction of sp³-hybridized carbons (Fsp3) is 0.611. The number of amides is 3. The van der Waals surface area contributed by atoms with Gasteiger partial charge < -0.3 is 14.9 Å². The number of thioether (sulfide) groups is 1. The van der Waals surface area contributed by atoms with Gasteiger partial charge in [-0.3, -0.25) is 19.3 Å². The molecule has 0 saturated carbocycles. The summed E-state index contributed by atoms with van der Waals surface area (Å²) in [6.45, 7) is 5.20. The van der Waals surface area contributed by atoms with Crippen LogP contribution in [0.4, 0.5) is 5.00 Å². The smallest absolute Gasteiger partial charge is 0.257 e. The predicted octanol–water partition coefficient (Wildman–Crippen LogP) is 1.19. The molecular weight excluding hydrogens is 386 g/mol. The SMILES string of the molecule is CC(C)SCC(=O)N1CCc2c(sc3c2C(=O)N(C)CC(=O)N3CCO)C1. The Morgan fingerprint density at radius 3 is 2.70 bits per heavy atom. The number of β-amino-alcohol motifs (C(OH)–C–C–N with tert-alkyl or cyclic N) is 1. The van der Waals surface area contributed by atoms with Crippen molar-refractivity contribution in [2.75, 3.05) is 43.9 Å². The predicted molar refractivity (Wildman–Crippen MR) is 107 cm³/mol. The van der Waals surface area contributed by atoms with Crippen LogP contribution in [-0.4, -0.2) is 76.9 Å². The fourth-order valence-electron chi connectivity index (χ4n) is 3.33. The third-order valence-electron chi connectivity index (χ3n) is 4.73. The molecule has 148 valence electrons. The van der Waals surface area contributed by atoms with Gasteiger partial charge in [0.05, 0.1) is 24.5 Å². The van der Waals surface area contributed by atoms with Crippen molar-refractivity contribution in [3.8, 4) is 0 Å². The zero-order valence-electron chi connectivity index (χ0n) is 15.9. The van der Waals surface area contributed by atoms with Gasteiger partial charge in [0.2, 0.25) is 11.8 Å². The van der Waals surface area contributed by atoms with Crippen molar-refractivity contribution >= 4 is 45.8 Å². The Morgan fingerprint density at radius 2 is 2.04 bits per heavy atom. The molecule has 1 N–H and O–H groups in total. The largest absolute Gasteiger partial charge is 0.395 e. The number of thiophene rings is 1. The number of likely N-dealkylation sites (N-methyl/N-ethyl adjacent to an activating group) is 1. The highest BCUT2D eigenvalue weighted by Gasteiger charge is 2.37. The number of nitrogens with zero attached hydrogens (tertiary/aromatic N) is 3. The highest BCUT2D eigenvalue weighted by atomic mass is 32.2. The van der Waals surface area contributed by atoms with Gasteiger partial charge in [0.15, 0.2) is 0 Å². The fourth-order valence-corrected chi connectivity index (χ4v) is 5.39. The van der Waals surface area contributed by atoms with E-state index in [1.807, 2.05) is 4.90 Å². The molecule has 3 rings (SSSR count). The normalized spacial score (nSPS) is 17.3. The van der Waals surface area contributed by atoms with Crippen molar-refractivity contribution in [1.82, 2.24) is 9.80 Å². The van der Waals surface area contributed by atoms with Crippen molar-refractivity contribution < 1.29 is 19.5 Å².